The standard InChI is InChI=1S/C12H18N4O3/c1-7(2)4-14-11(17)8(3)16-10-9(12(18)19)5-13-6-15-10/h5-8H,4H2,1-3H3,(H,14,17)(H,18,19)(H,13,15,16). The molecule has 1 aromatic rings. The average molecular weight is 266 g/mol. The molecule has 0 bridgehead atoms. The minimum atomic E-state index is -1.14. The summed E-state index contributed by atoms with van der Waals surface area (Å²) < 4.78 is 0. The topological polar surface area (TPSA) is 104 Å². The predicted octanol–water partition coefficient (Wildman–Crippen LogP) is 0.747. The van der Waals surface area contributed by atoms with E-state index in [-0.39, 0.29) is 17.3 Å². The number of aromatic nitrogens is 2. The van der Waals surface area contributed by atoms with Gasteiger partial charge in [-0.15, -0.1) is 0 Å². The molecule has 7 heteroatoms. The zero-order chi connectivity index (χ0) is 14.4. The molecule has 1 unspecified atom stereocenters. The van der Waals surface area contributed by atoms with Crippen LogP contribution in [-0.4, -0.2) is 39.5 Å². The van der Waals surface area contributed by atoms with Crippen LogP contribution in [0.5, 0.6) is 0 Å². The van der Waals surface area contributed by atoms with Crippen molar-refractivity contribution in [3.63, 3.8) is 0 Å². The Morgan fingerprint density at radius 2 is 2.05 bits per heavy atom. The first-order valence-corrected chi connectivity index (χ1v) is 5.99. The maximum atomic E-state index is 11.8. The summed E-state index contributed by atoms with van der Waals surface area (Å²) in [6.45, 7) is 6.19. The molecule has 0 aliphatic rings. The second-order valence-corrected chi connectivity index (χ2v) is 4.60. The Morgan fingerprint density at radius 3 is 2.63 bits per heavy atom. The molecule has 0 saturated heterocycles. The van der Waals surface area contributed by atoms with Crippen LogP contribution in [0.3, 0.4) is 0 Å². The Bertz CT molecular complexity index is 462. The molecule has 1 atom stereocenters. The van der Waals surface area contributed by atoms with Crippen molar-refractivity contribution < 1.29 is 14.7 Å². The third-order valence-corrected chi connectivity index (χ3v) is 2.37. The average Bonchev–Trinajstić information content (AvgIpc) is 2.36. The molecule has 0 spiro atoms. The van der Waals surface area contributed by atoms with Gasteiger partial charge in [-0.1, -0.05) is 13.8 Å². The van der Waals surface area contributed by atoms with E-state index in [2.05, 4.69) is 20.6 Å². The highest BCUT2D eigenvalue weighted by Crippen LogP contribution is 2.11. The first-order chi connectivity index (χ1) is 8.91. The van der Waals surface area contributed by atoms with Gasteiger partial charge < -0.3 is 15.7 Å². The lowest BCUT2D eigenvalue weighted by atomic mass is 10.2. The second-order valence-electron chi connectivity index (χ2n) is 4.60. The molecule has 0 aliphatic heterocycles. The maximum absolute atomic E-state index is 11.8. The minimum absolute atomic E-state index is 0.0639. The van der Waals surface area contributed by atoms with Crippen molar-refractivity contribution in [2.24, 2.45) is 5.92 Å². The Hall–Kier alpha value is -2.18. The van der Waals surface area contributed by atoms with Crippen LogP contribution in [0.2, 0.25) is 0 Å². The highest BCUT2D eigenvalue weighted by atomic mass is 16.4. The smallest absolute Gasteiger partial charge is 0.341 e. The molecule has 0 aromatic carbocycles. The number of rotatable bonds is 6. The van der Waals surface area contributed by atoms with Gasteiger partial charge in [-0.05, 0) is 12.8 Å². The molecule has 1 amide bonds. The Kier molecular flexibility index (Phi) is 5.23. The van der Waals surface area contributed by atoms with Crippen LogP contribution in [0, 0.1) is 5.92 Å². The van der Waals surface area contributed by atoms with Gasteiger partial charge in [0, 0.05) is 12.7 Å². The van der Waals surface area contributed by atoms with Gasteiger partial charge in [-0.3, -0.25) is 4.79 Å². The number of carboxylic acids is 1. The number of nitrogens with one attached hydrogen (secondary N) is 2. The van der Waals surface area contributed by atoms with Crippen LogP contribution in [0.4, 0.5) is 5.82 Å². The number of anilines is 1. The number of nitrogens with zero attached hydrogens (tertiary/aromatic N) is 2. The largest absolute Gasteiger partial charge is 0.477 e. The van der Waals surface area contributed by atoms with Gasteiger partial charge in [0.05, 0.1) is 0 Å². The summed E-state index contributed by atoms with van der Waals surface area (Å²) in [7, 11) is 0. The number of carbonyl (C=O) groups excluding carboxylic acids is 1. The van der Waals surface area contributed by atoms with Crippen molar-refractivity contribution in [1.29, 1.82) is 0 Å². The molecule has 3 N–H and O–H groups in total. The van der Waals surface area contributed by atoms with Gasteiger partial charge in [0.1, 0.15) is 23.8 Å². The van der Waals surface area contributed by atoms with Crippen LogP contribution in [0.15, 0.2) is 12.5 Å². The minimum Gasteiger partial charge on any atom is -0.477 e. The molecule has 1 aromatic heterocycles. The van der Waals surface area contributed by atoms with Crippen molar-refractivity contribution in [1.82, 2.24) is 15.3 Å². The normalized spacial score (nSPS) is 12.0. The summed E-state index contributed by atoms with van der Waals surface area (Å²) in [6.07, 6.45) is 2.42. The van der Waals surface area contributed by atoms with Gasteiger partial charge >= 0.3 is 5.97 Å². The summed E-state index contributed by atoms with van der Waals surface area (Å²) in [6, 6.07) is -0.577. The van der Waals surface area contributed by atoms with Crippen molar-refractivity contribution in [3.05, 3.63) is 18.1 Å². The van der Waals surface area contributed by atoms with Crippen molar-refractivity contribution in [2.75, 3.05) is 11.9 Å². The third kappa shape index (κ3) is 4.53. The van der Waals surface area contributed by atoms with E-state index in [0.29, 0.717) is 12.5 Å². The fraction of sp³-hybridized carbons (Fsp3) is 0.500. The molecular formula is C12H18N4O3. The second kappa shape index (κ2) is 6.67. The lowest BCUT2D eigenvalue weighted by molar-refractivity contribution is -0.121. The molecule has 1 rings (SSSR count). The number of carboxylic acid groups (broad SMARTS) is 1. The lowest BCUT2D eigenvalue weighted by Gasteiger charge is -2.16. The molecule has 1 heterocycles. The molecule has 0 saturated carbocycles. The number of aromatic carboxylic acids is 1. The number of amides is 1. The van der Waals surface area contributed by atoms with Gasteiger partial charge in [0.15, 0.2) is 0 Å². The zero-order valence-corrected chi connectivity index (χ0v) is 11.2. The van der Waals surface area contributed by atoms with E-state index in [1.807, 2.05) is 13.8 Å². The Morgan fingerprint density at radius 1 is 1.37 bits per heavy atom. The number of hydrogen-bond acceptors (Lipinski definition) is 5. The van der Waals surface area contributed by atoms with E-state index in [1.54, 1.807) is 6.92 Å². The molecule has 7 nitrogen and oxygen atoms in total. The van der Waals surface area contributed by atoms with Crippen molar-refractivity contribution in [3.8, 4) is 0 Å². The van der Waals surface area contributed by atoms with E-state index >= 15 is 0 Å². The molecule has 104 valence electrons. The third-order valence-electron chi connectivity index (χ3n) is 2.37. The summed E-state index contributed by atoms with van der Waals surface area (Å²) >= 11 is 0. The van der Waals surface area contributed by atoms with Gasteiger partial charge in [0.2, 0.25) is 5.91 Å². The van der Waals surface area contributed by atoms with Crippen LogP contribution in [-0.2, 0) is 4.79 Å². The van der Waals surface area contributed by atoms with E-state index in [0.717, 1.165) is 0 Å². The maximum Gasteiger partial charge on any atom is 0.341 e. The highest BCUT2D eigenvalue weighted by Gasteiger charge is 2.17. The van der Waals surface area contributed by atoms with E-state index in [9.17, 15) is 9.59 Å². The van der Waals surface area contributed by atoms with E-state index < -0.39 is 12.0 Å². The molecular weight excluding hydrogens is 248 g/mol. The number of hydrogen-bond donors (Lipinski definition) is 3. The highest BCUT2D eigenvalue weighted by molar-refractivity contribution is 5.93. The fourth-order valence-electron chi connectivity index (χ4n) is 1.33. The van der Waals surface area contributed by atoms with Gasteiger partial charge in [-0.2, -0.15) is 0 Å². The summed E-state index contributed by atoms with van der Waals surface area (Å²) in [5, 5.41) is 14.5. The molecule has 0 radical (unpaired) electrons. The monoisotopic (exact) mass is 266 g/mol. The van der Waals surface area contributed by atoms with Crippen molar-refractivity contribution in [2.45, 2.75) is 26.8 Å². The van der Waals surface area contributed by atoms with Gasteiger partial charge in [0.25, 0.3) is 0 Å². The van der Waals surface area contributed by atoms with Crippen molar-refractivity contribution >= 4 is 17.7 Å². The molecule has 19 heavy (non-hydrogen) atoms. The zero-order valence-electron chi connectivity index (χ0n) is 11.2. The first kappa shape index (κ1) is 14.9. The van der Waals surface area contributed by atoms with E-state index in [1.165, 1.54) is 12.5 Å². The SMILES string of the molecule is CC(C)CNC(=O)C(C)Nc1ncncc1C(=O)O. The van der Waals surface area contributed by atoms with E-state index in [4.69, 9.17) is 5.11 Å². The fourth-order valence-corrected chi connectivity index (χ4v) is 1.33. The summed E-state index contributed by atoms with van der Waals surface area (Å²) in [5.74, 6) is -0.860. The molecule has 0 fully saturated rings. The van der Waals surface area contributed by atoms with Crippen LogP contribution in [0.1, 0.15) is 31.1 Å². The van der Waals surface area contributed by atoms with Gasteiger partial charge in [-0.25, -0.2) is 14.8 Å². The van der Waals surface area contributed by atoms with Crippen LogP contribution < -0.4 is 10.6 Å². The van der Waals surface area contributed by atoms with Crippen LogP contribution >= 0.6 is 0 Å². The number of carbonyl (C=O) groups is 2. The predicted molar refractivity (Wildman–Crippen MR) is 69.9 cm³/mol. The molecule has 0 aliphatic carbocycles. The Labute approximate surface area is 111 Å². The Balaban J connectivity index is 2.69. The summed E-state index contributed by atoms with van der Waals surface area (Å²) in [5.41, 5.74) is -0.0639. The quantitative estimate of drug-likeness (QED) is 0.701. The lowest BCUT2D eigenvalue weighted by Crippen LogP contribution is -2.39. The van der Waals surface area contributed by atoms with Crippen LogP contribution in [0.25, 0.3) is 0 Å². The summed E-state index contributed by atoms with van der Waals surface area (Å²) in [4.78, 5) is 30.2. The first-order valence-electron chi connectivity index (χ1n) is 5.99.